The molecule has 0 N–H and O–H groups in total. The van der Waals surface area contributed by atoms with Crippen molar-refractivity contribution in [2.24, 2.45) is 4.99 Å². The van der Waals surface area contributed by atoms with Crippen LogP contribution in [0.2, 0.25) is 0 Å². The predicted molar refractivity (Wildman–Crippen MR) is 55.0 cm³/mol. The van der Waals surface area contributed by atoms with Crippen molar-refractivity contribution < 1.29 is 32.2 Å². The molecule has 1 aliphatic heterocycles. The first-order chi connectivity index (χ1) is 8.88. The van der Waals surface area contributed by atoms with Crippen molar-refractivity contribution in [1.29, 1.82) is 0 Å². The lowest BCUT2D eigenvalue weighted by atomic mass is 10.2. The lowest BCUT2D eigenvalue weighted by molar-refractivity contribution is -0.205. The van der Waals surface area contributed by atoms with Crippen LogP contribution in [0.5, 0.6) is 0 Å². The Morgan fingerprint density at radius 1 is 1.26 bits per heavy atom. The van der Waals surface area contributed by atoms with Gasteiger partial charge in [0.25, 0.3) is 6.23 Å². The van der Waals surface area contributed by atoms with Gasteiger partial charge in [-0.05, 0) is 12.1 Å². The minimum absolute atomic E-state index is 0.189. The molecule has 1 unspecified atom stereocenters. The number of alkyl halides is 3. The second-order valence-corrected chi connectivity index (χ2v) is 3.48. The van der Waals surface area contributed by atoms with Crippen LogP contribution >= 0.6 is 0 Å². The van der Waals surface area contributed by atoms with Crippen molar-refractivity contribution in [2.75, 3.05) is 0 Å². The van der Waals surface area contributed by atoms with Crippen LogP contribution in [0.3, 0.4) is 0 Å². The van der Waals surface area contributed by atoms with Crippen molar-refractivity contribution in [1.82, 2.24) is 0 Å². The summed E-state index contributed by atoms with van der Waals surface area (Å²) < 4.78 is 44.5. The molecule has 0 aliphatic carbocycles. The summed E-state index contributed by atoms with van der Waals surface area (Å²) in [5.41, 5.74) is 0.390. The summed E-state index contributed by atoms with van der Waals surface area (Å²) in [7, 11) is 0. The van der Waals surface area contributed by atoms with Gasteiger partial charge >= 0.3 is 18.1 Å². The summed E-state index contributed by atoms with van der Waals surface area (Å²) in [6.07, 6.45) is -7.12. The Kier molecular flexibility index (Phi) is 3.24. The van der Waals surface area contributed by atoms with E-state index >= 15 is 0 Å². The Bertz CT molecular complexity index is 539. The molecule has 1 atom stereocenters. The van der Waals surface area contributed by atoms with E-state index in [1.807, 2.05) is 0 Å². The van der Waals surface area contributed by atoms with E-state index in [9.17, 15) is 22.8 Å². The number of ether oxygens (including phenoxy) is 2. The summed E-state index contributed by atoms with van der Waals surface area (Å²) >= 11 is 0. The van der Waals surface area contributed by atoms with Crippen LogP contribution in [-0.2, 0) is 19.1 Å². The molecular formula is C11H6F3NO4. The van der Waals surface area contributed by atoms with Gasteiger partial charge in [-0.15, -0.1) is 0 Å². The molecular weight excluding hydrogens is 267 g/mol. The number of carbonyl (C=O) groups is 2. The van der Waals surface area contributed by atoms with Crippen molar-refractivity contribution in [3.8, 4) is 0 Å². The molecule has 1 aliphatic rings. The van der Waals surface area contributed by atoms with Crippen LogP contribution in [0.4, 0.5) is 13.2 Å². The number of aliphatic imine (C=N–C) groups is 1. The molecule has 0 saturated carbocycles. The maximum absolute atomic E-state index is 12.0. The molecule has 8 heteroatoms. The van der Waals surface area contributed by atoms with Gasteiger partial charge in [-0.25, -0.2) is 9.59 Å². The van der Waals surface area contributed by atoms with E-state index in [4.69, 9.17) is 0 Å². The average Bonchev–Trinajstić information content (AvgIpc) is 2.71. The quantitative estimate of drug-likeness (QED) is 0.764. The average molecular weight is 273 g/mol. The first kappa shape index (κ1) is 13.1. The molecule has 0 fully saturated rings. The van der Waals surface area contributed by atoms with Gasteiger partial charge in [-0.1, -0.05) is 18.2 Å². The smallest absolute Gasteiger partial charge is 0.421 e. The zero-order valence-electron chi connectivity index (χ0n) is 9.18. The summed E-state index contributed by atoms with van der Waals surface area (Å²) in [5.74, 6) is -3.85. The SMILES string of the molecule is O=C1OC(c2ccccc2)=NC1OC(=O)C(F)(F)F. The monoisotopic (exact) mass is 273 g/mol. The van der Waals surface area contributed by atoms with Crippen LogP contribution in [0, 0.1) is 0 Å². The Morgan fingerprint density at radius 2 is 1.89 bits per heavy atom. The normalized spacial score (nSPS) is 18.8. The predicted octanol–water partition coefficient (Wildman–Crippen LogP) is 1.42. The molecule has 0 spiro atoms. The maximum Gasteiger partial charge on any atom is 0.491 e. The van der Waals surface area contributed by atoms with E-state index in [-0.39, 0.29) is 5.90 Å². The number of halogens is 3. The van der Waals surface area contributed by atoms with Gasteiger partial charge in [0.2, 0.25) is 5.90 Å². The van der Waals surface area contributed by atoms with Gasteiger partial charge in [0.1, 0.15) is 0 Å². The highest BCUT2D eigenvalue weighted by Gasteiger charge is 2.45. The standard InChI is InChI=1S/C11H6F3NO4/c12-11(13,14)10(17)19-8-9(16)18-7(15-8)6-4-2-1-3-5-6/h1-5,8H. The van der Waals surface area contributed by atoms with E-state index in [1.165, 1.54) is 0 Å². The van der Waals surface area contributed by atoms with E-state index in [2.05, 4.69) is 14.5 Å². The molecule has 19 heavy (non-hydrogen) atoms. The summed E-state index contributed by atoms with van der Waals surface area (Å²) in [6.45, 7) is 0. The minimum atomic E-state index is -5.19. The number of benzene rings is 1. The van der Waals surface area contributed by atoms with E-state index in [0.717, 1.165) is 0 Å². The number of nitrogens with zero attached hydrogens (tertiary/aromatic N) is 1. The molecule has 5 nitrogen and oxygen atoms in total. The molecule has 1 aromatic rings. The Morgan fingerprint density at radius 3 is 2.47 bits per heavy atom. The van der Waals surface area contributed by atoms with Crippen molar-refractivity contribution >= 4 is 17.8 Å². The van der Waals surface area contributed by atoms with Gasteiger partial charge in [0.05, 0.1) is 0 Å². The van der Waals surface area contributed by atoms with Crippen LogP contribution in [-0.4, -0.2) is 30.2 Å². The Balaban J connectivity index is 2.14. The van der Waals surface area contributed by atoms with Crippen LogP contribution in [0.1, 0.15) is 5.56 Å². The molecule has 100 valence electrons. The number of cyclic esters (lactones) is 1. The Labute approximate surface area is 104 Å². The largest absolute Gasteiger partial charge is 0.491 e. The molecule has 2 rings (SSSR count). The summed E-state index contributed by atoms with van der Waals surface area (Å²) in [5, 5.41) is 0. The summed E-state index contributed by atoms with van der Waals surface area (Å²) in [6, 6.07) is 8.03. The summed E-state index contributed by atoms with van der Waals surface area (Å²) in [4.78, 5) is 25.3. The van der Waals surface area contributed by atoms with Gasteiger partial charge in [-0.3, -0.25) is 0 Å². The molecule has 0 radical (unpaired) electrons. The third kappa shape index (κ3) is 2.90. The molecule has 0 aromatic heterocycles. The number of hydrogen-bond acceptors (Lipinski definition) is 5. The molecule has 1 heterocycles. The van der Waals surface area contributed by atoms with E-state index in [1.54, 1.807) is 30.3 Å². The number of hydrogen-bond donors (Lipinski definition) is 0. The van der Waals surface area contributed by atoms with Gasteiger partial charge < -0.3 is 9.47 Å². The number of rotatable bonds is 2. The fraction of sp³-hybridized carbons (Fsp3) is 0.182. The van der Waals surface area contributed by atoms with Gasteiger partial charge in [0.15, 0.2) is 0 Å². The molecule has 0 bridgehead atoms. The highest BCUT2D eigenvalue weighted by molar-refractivity contribution is 6.06. The number of carbonyl (C=O) groups excluding carboxylic acids is 2. The van der Waals surface area contributed by atoms with Crippen LogP contribution in [0.15, 0.2) is 35.3 Å². The third-order valence-electron chi connectivity index (χ3n) is 2.10. The zero-order valence-corrected chi connectivity index (χ0v) is 9.18. The van der Waals surface area contributed by atoms with Gasteiger partial charge in [-0.2, -0.15) is 18.2 Å². The highest BCUT2D eigenvalue weighted by atomic mass is 19.4. The lowest BCUT2D eigenvalue weighted by Gasteiger charge is -2.07. The third-order valence-corrected chi connectivity index (χ3v) is 2.10. The molecule has 0 saturated heterocycles. The number of esters is 2. The molecule has 0 amide bonds. The fourth-order valence-electron chi connectivity index (χ4n) is 1.29. The Hall–Kier alpha value is -2.38. The van der Waals surface area contributed by atoms with Crippen molar-refractivity contribution in [3.05, 3.63) is 35.9 Å². The topological polar surface area (TPSA) is 65.0 Å². The second kappa shape index (κ2) is 4.71. The minimum Gasteiger partial charge on any atom is -0.421 e. The highest BCUT2D eigenvalue weighted by Crippen LogP contribution is 2.20. The first-order valence-corrected chi connectivity index (χ1v) is 5.00. The van der Waals surface area contributed by atoms with Crippen molar-refractivity contribution in [2.45, 2.75) is 12.4 Å². The van der Waals surface area contributed by atoms with E-state index in [0.29, 0.717) is 5.56 Å². The zero-order chi connectivity index (χ0) is 14.0. The second-order valence-electron chi connectivity index (χ2n) is 3.48. The van der Waals surface area contributed by atoms with Crippen molar-refractivity contribution in [3.63, 3.8) is 0 Å². The van der Waals surface area contributed by atoms with Crippen LogP contribution in [0.25, 0.3) is 0 Å². The van der Waals surface area contributed by atoms with Crippen LogP contribution < -0.4 is 0 Å². The van der Waals surface area contributed by atoms with E-state index < -0.39 is 24.3 Å². The maximum atomic E-state index is 12.0. The fourth-order valence-corrected chi connectivity index (χ4v) is 1.29. The molecule has 1 aromatic carbocycles. The first-order valence-electron chi connectivity index (χ1n) is 5.00. The lowest BCUT2D eigenvalue weighted by Crippen LogP contribution is -2.31. The van der Waals surface area contributed by atoms with Gasteiger partial charge in [0, 0.05) is 5.56 Å².